The Hall–Kier alpha value is -4.90. The Balaban J connectivity index is 1.24. The SMILES string of the molecule is COCCCn1c([C@@H]2CCCN(C(=O)C[C@@H](Cc3ccc(-n4c(=O)[nH]c5c(C)cccc54)cc3)N(C(=O)O)C(C)(C)C)C2)nc2ccccc21. The quantitative estimate of drug-likeness (QED) is 0.154. The molecule has 1 aliphatic heterocycles. The van der Waals surface area contributed by atoms with Crippen LogP contribution in [0.4, 0.5) is 4.79 Å². The van der Waals surface area contributed by atoms with Crippen LogP contribution in [0.3, 0.4) is 0 Å². The number of hydrogen-bond acceptors (Lipinski definition) is 5. The summed E-state index contributed by atoms with van der Waals surface area (Å²) in [5.41, 5.74) is 5.24. The van der Waals surface area contributed by atoms with Crippen LogP contribution in [0, 0.1) is 6.92 Å². The van der Waals surface area contributed by atoms with Crippen LogP contribution < -0.4 is 5.69 Å². The summed E-state index contributed by atoms with van der Waals surface area (Å²) in [6.07, 6.45) is 1.98. The molecule has 2 aromatic heterocycles. The van der Waals surface area contributed by atoms with Crippen LogP contribution in [0.25, 0.3) is 27.8 Å². The molecular formula is C39H48N6O5. The number of amides is 2. The number of ether oxygens (including phenoxy) is 1. The maximum atomic E-state index is 14.1. The highest BCUT2D eigenvalue weighted by molar-refractivity contribution is 5.81. The van der Waals surface area contributed by atoms with Gasteiger partial charge in [0.2, 0.25) is 5.91 Å². The average molecular weight is 681 g/mol. The van der Waals surface area contributed by atoms with Gasteiger partial charge in [-0.1, -0.05) is 36.4 Å². The Bertz CT molecular complexity index is 2040. The van der Waals surface area contributed by atoms with Crippen molar-refractivity contribution in [2.24, 2.45) is 0 Å². The molecule has 6 rings (SSSR count). The minimum absolute atomic E-state index is 0.0590. The van der Waals surface area contributed by atoms with E-state index in [0.29, 0.717) is 31.8 Å². The second-order valence-corrected chi connectivity index (χ2v) is 14.4. The standard InChI is InChI=1S/C39H48N6O5/c1-26-11-8-15-33-35(26)41-37(47)44(33)29-18-16-27(17-19-29)23-30(45(38(48)49)39(2,3)4)24-34(46)42-20-9-12-28(25-42)36-40-31-13-6-7-14-32(31)43(36)21-10-22-50-5/h6-8,11,13-19,28,30H,9-10,12,20-25H2,1-5H3,(H,41,47)(H,48,49)/t28-,30-/m1/s1. The molecule has 0 bridgehead atoms. The molecule has 2 N–H and O–H groups in total. The number of carbonyl (C=O) groups excluding carboxylic acids is 1. The topological polar surface area (TPSA) is 126 Å². The highest BCUT2D eigenvalue weighted by atomic mass is 16.5. The van der Waals surface area contributed by atoms with Gasteiger partial charge in [-0.05, 0) is 94.8 Å². The number of carboxylic acid groups (broad SMARTS) is 1. The summed E-state index contributed by atoms with van der Waals surface area (Å²) in [6, 6.07) is 20.9. The molecule has 0 saturated carbocycles. The maximum Gasteiger partial charge on any atom is 0.408 e. The zero-order valence-corrected chi connectivity index (χ0v) is 29.7. The predicted molar refractivity (Wildman–Crippen MR) is 195 cm³/mol. The molecule has 50 heavy (non-hydrogen) atoms. The van der Waals surface area contributed by atoms with Crippen LogP contribution in [0.2, 0.25) is 0 Å². The van der Waals surface area contributed by atoms with Gasteiger partial charge >= 0.3 is 11.8 Å². The largest absolute Gasteiger partial charge is 0.465 e. The first-order chi connectivity index (χ1) is 24.0. The fourth-order valence-corrected chi connectivity index (χ4v) is 7.58. The smallest absolute Gasteiger partial charge is 0.408 e. The summed E-state index contributed by atoms with van der Waals surface area (Å²) in [7, 11) is 1.71. The van der Waals surface area contributed by atoms with E-state index >= 15 is 0 Å². The minimum atomic E-state index is -1.06. The minimum Gasteiger partial charge on any atom is -0.465 e. The maximum absolute atomic E-state index is 14.1. The number of nitrogens with one attached hydrogen (secondary N) is 1. The number of benzene rings is 3. The van der Waals surface area contributed by atoms with Gasteiger partial charge in [-0.15, -0.1) is 0 Å². The van der Waals surface area contributed by atoms with Gasteiger partial charge in [0.25, 0.3) is 0 Å². The van der Waals surface area contributed by atoms with E-state index in [4.69, 9.17) is 9.72 Å². The first kappa shape index (κ1) is 34.9. The second-order valence-electron chi connectivity index (χ2n) is 14.4. The van der Waals surface area contributed by atoms with Crippen molar-refractivity contribution in [1.82, 2.24) is 28.9 Å². The Labute approximate surface area is 292 Å². The zero-order chi connectivity index (χ0) is 35.6. The molecule has 2 amide bonds. The van der Waals surface area contributed by atoms with Crippen LogP contribution in [-0.4, -0.2) is 84.4 Å². The lowest BCUT2D eigenvalue weighted by molar-refractivity contribution is -0.134. The second kappa shape index (κ2) is 14.5. The third kappa shape index (κ3) is 7.19. The normalized spacial score (nSPS) is 15.9. The number of aryl methyl sites for hydroxylation is 2. The summed E-state index contributed by atoms with van der Waals surface area (Å²) in [6.45, 7) is 10.1. The van der Waals surface area contributed by atoms with Gasteiger partial charge in [0, 0.05) is 57.3 Å². The van der Waals surface area contributed by atoms with Crippen molar-refractivity contribution in [2.75, 3.05) is 26.8 Å². The number of aromatic amines is 1. The Morgan fingerprint density at radius 2 is 1.80 bits per heavy atom. The van der Waals surface area contributed by atoms with Gasteiger partial charge in [-0.3, -0.25) is 14.3 Å². The number of imidazole rings is 2. The number of hydrogen-bond donors (Lipinski definition) is 2. The average Bonchev–Trinajstić information content (AvgIpc) is 3.62. The highest BCUT2D eigenvalue weighted by Crippen LogP contribution is 2.31. The van der Waals surface area contributed by atoms with Crippen LogP contribution in [0.5, 0.6) is 0 Å². The van der Waals surface area contributed by atoms with E-state index in [1.165, 1.54) is 4.90 Å². The molecule has 264 valence electrons. The summed E-state index contributed by atoms with van der Waals surface area (Å²) >= 11 is 0. The molecule has 1 aliphatic rings. The molecular weight excluding hydrogens is 632 g/mol. The third-order valence-electron chi connectivity index (χ3n) is 9.85. The van der Waals surface area contributed by atoms with E-state index in [-0.39, 0.29) is 23.9 Å². The van der Waals surface area contributed by atoms with Gasteiger partial charge in [0.1, 0.15) is 5.82 Å². The van der Waals surface area contributed by atoms with E-state index in [1.807, 2.05) is 93.3 Å². The fourth-order valence-electron chi connectivity index (χ4n) is 7.58. The summed E-state index contributed by atoms with van der Waals surface area (Å²) in [5.74, 6) is 1.00. The lowest BCUT2D eigenvalue weighted by Gasteiger charge is -2.41. The molecule has 0 unspecified atom stereocenters. The van der Waals surface area contributed by atoms with E-state index in [1.54, 1.807) is 11.7 Å². The molecule has 0 aliphatic carbocycles. The molecule has 3 aromatic carbocycles. The Morgan fingerprint density at radius 1 is 1.06 bits per heavy atom. The van der Waals surface area contributed by atoms with Gasteiger partial charge in [0.15, 0.2) is 0 Å². The Morgan fingerprint density at radius 3 is 2.52 bits per heavy atom. The molecule has 0 radical (unpaired) electrons. The zero-order valence-electron chi connectivity index (χ0n) is 29.7. The molecule has 0 spiro atoms. The lowest BCUT2D eigenvalue weighted by Crippen LogP contribution is -2.54. The highest BCUT2D eigenvalue weighted by Gasteiger charge is 2.37. The van der Waals surface area contributed by atoms with Crippen molar-refractivity contribution in [1.29, 1.82) is 0 Å². The number of fused-ring (bicyclic) bond motifs is 2. The van der Waals surface area contributed by atoms with Crippen molar-refractivity contribution < 1.29 is 19.4 Å². The number of aromatic nitrogens is 4. The van der Waals surface area contributed by atoms with E-state index in [9.17, 15) is 19.5 Å². The fraction of sp³-hybridized carbons (Fsp3) is 0.436. The first-order valence-corrected chi connectivity index (χ1v) is 17.5. The van der Waals surface area contributed by atoms with Crippen LogP contribution in [0.1, 0.15) is 69.3 Å². The van der Waals surface area contributed by atoms with E-state index in [0.717, 1.165) is 64.8 Å². The molecule has 2 atom stereocenters. The predicted octanol–water partition coefficient (Wildman–Crippen LogP) is 6.50. The number of piperidine rings is 1. The summed E-state index contributed by atoms with van der Waals surface area (Å²) < 4.78 is 9.24. The first-order valence-electron chi connectivity index (χ1n) is 17.5. The molecule has 11 heteroatoms. The van der Waals surface area contributed by atoms with Gasteiger partial charge < -0.3 is 24.3 Å². The van der Waals surface area contributed by atoms with E-state index < -0.39 is 17.7 Å². The molecule has 5 aromatic rings. The van der Waals surface area contributed by atoms with Crippen molar-refractivity contribution in [2.45, 2.75) is 83.8 Å². The number of para-hydroxylation sites is 3. The van der Waals surface area contributed by atoms with Crippen LogP contribution in [0.15, 0.2) is 71.5 Å². The van der Waals surface area contributed by atoms with Crippen LogP contribution in [-0.2, 0) is 22.5 Å². The van der Waals surface area contributed by atoms with Crippen molar-refractivity contribution in [3.8, 4) is 5.69 Å². The lowest BCUT2D eigenvalue weighted by atomic mass is 9.93. The van der Waals surface area contributed by atoms with Crippen molar-refractivity contribution >= 4 is 34.1 Å². The molecule has 11 nitrogen and oxygen atoms in total. The monoisotopic (exact) mass is 680 g/mol. The number of methoxy groups -OCH3 is 1. The molecule has 3 heterocycles. The number of likely N-dealkylation sites (tertiary alicyclic amines) is 1. The van der Waals surface area contributed by atoms with Crippen molar-refractivity contribution in [3.05, 3.63) is 94.2 Å². The van der Waals surface area contributed by atoms with E-state index in [2.05, 4.69) is 15.6 Å². The number of H-pyrrole nitrogens is 1. The third-order valence-corrected chi connectivity index (χ3v) is 9.85. The summed E-state index contributed by atoms with van der Waals surface area (Å²) in [5, 5.41) is 10.4. The van der Waals surface area contributed by atoms with Gasteiger partial charge in [0.05, 0.1) is 27.8 Å². The number of nitrogens with zero attached hydrogens (tertiary/aromatic N) is 5. The molecule has 1 fully saturated rings. The summed E-state index contributed by atoms with van der Waals surface area (Å²) in [4.78, 5) is 51.1. The van der Waals surface area contributed by atoms with Gasteiger partial charge in [-0.25, -0.2) is 14.6 Å². The van der Waals surface area contributed by atoms with Gasteiger partial charge in [-0.2, -0.15) is 0 Å². The number of rotatable bonds is 11. The number of carbonyl (C=O) groups is 2. The van der Waals surface area contributed by atoms with Crippen molar-refractivity contribution in [3.63, 3.8) is 0 Å². The Kier molecular flexibility index (Phi) is 10.2. The van der Waals surface area contributed by atoms with Crippen LogP contribution >= 0.6 is 0 Å². The molecule has 1 saturated heterocycles.